The van der Waals surface area contributed by atoms with Gasteiger partial charge in [0.15, 0.2) is 0 Å². The molecule has 0 bridgehead atoms. The van der Waals surface area contributed by atoms with Crippen molar-refractivity contribution in [3.63, 3.8) is 0 Å². The van der Waals surface area contributed by atoms with Gasteiger partial charge >= 0.3 is 0 Å². The molecule has 0 radical (unpaired) electrons. The van der Waals surface area contributed by atoms with Gasteiger partial charge in [-0.2, -0.15) is 0 Å². The normalized spacial score (nSPS) is 16.4. The van der Waals surface area contributed by atoms with E-state index in [1.165, 1.54) is 5.56 Å². The van der Waals surface area contributed by atoms with Crippen LogP contribution in [0.1, 0.15) is 23.7 Å². The molecule has 1 unspecified atom stereocenters. The quantitative estimate of drug-likeness (QED) is 0.765. The maximum absolute atomic E-state index is 6.33. The van der Waals surface area contributed by atoms with Gasteiger partial charge < -0.3 is 14.2 Å². The second kappa shape index (κ2) is 8.88. The monoisotopic (exact) mass is 341 g/mol. The number of morpholine rings is 1. The molecule has 1 aliphatic heterocycles. The van der Waals surface area contributed by atoms with Crippen LogP contribution in [0, 0.1) is 6.92 Å². The number of hydrogen-bond acceptors (Lipinski definition) is 4. The van der Waals surface area contributed by atoms with Crippen LogP contribution in [0.5, 0.6) is 11.5 Å². The zero-order valence-corrected chi connectivity index (χ0v) is 15.1. The summed E-state index contributed by atoms with van der Waals surface area (Å²) in [6.45, 7) is 6.72. The van der Waals surface area contributed by atoms with Crippen molar-refractivity contribution in [3.05, 3.63) is 59.7 Å². The van der Waals surface area contributed by atoms with Gasteiger partial charge in [0.05, 0.1) is 20.3 Å². The van der Waals surface area contributed by atoms with Crippen molar-refractivity contribution in [1.29, 1.82) is 0 Å². The molecule has 1 atom stereocenters. The SMILES string of the molecule is COc1cccc(C(CCN2CCOCC2)Oc2ccc(C)cc2)c1. The molecular weight excluding hydrogens is 314 g/mol. The molecule has 3 rings (SSSR count). The van der Waals surface area contributed by atoms with Crippen LogP contribution >= 0.6 is 0 Å². The van der Waals surface area contributed by atoms with Crippen LogP contribution in [0.2, 0.25) is 0 Å². The van der Waals surface area contributed by atoms with Gasteiger partial charge in [-0.1, -0.05) is 29.8 Å². The summed E-state index contributed by atoms with van der Waals surface area (Å²) in [7, 11) is 1.70. The average molecular weight is 341 g/mol. The lowest BCUT2D eigenvalue weighted by Crippen LogP contribution is -2.37. The van der Waals surface area contributed by atoms with E-state index in [0.717, 1.165) is 56.3 Å². The molecule has 2 aromatic rings. The fraction of sp³-hybridized carbons (Fsp3) is 0.429. The molecule has 1 aliphatic rings. The molecule has 0 saturated carbocycles. The summed E-state index contributed by atoms with van der Waals surface area (Å²) in [4.78, 5) is 2.44. The number of ether oxygens (including phenoxy) is 3. The van der Waals surface area contributed by atoms with E-state index in [1.807, 2.05) is 24.3 Å². The van der Waals surface area contributed by atoms with Crippen molar-refractivity contribution in [1.82, 2.24) is 4.90 Å². The van der Waals surface area contributed by atoms with Crippen LogP contribution in [0.25, 0.3) is 0 Å². The minimum Gasteiger partial charge on any atom is -0.497 e. The highest BCUT2D eigenvalue weighted by Gasteiger charge is 2.18. The topological polar surface area (TPSA) is 30.9 Å². The van der Waals surface area contributed by atoms with Gasteiger partial charge in [-0.05, 0) is 36.8 Å². The highest BCUT2D eigenvalue weighted by Crippen LogP contribution is 2.28. The van der Waals surface area contributed by atoms with Crippen molar-refractivity contribution in [3.8, 4) is 11.5 Å². The summed E-state index contributed by atoms with van der Waals surface area (Å²) >= 11 is 0. The number of hydrogen-bond donors (Lipinski definition) is 0. The highest BCUT2D eigenvalue weighted by atomic mass is 16.5. The van der Waals surface area contributed by atoms with Crippen LogP contribution in [-0.4, -0.2) is 44.9 Å². The van der Waals surface area contributed by atoms with E-state index in [1.54, 1.807) is 7.11 Å². The lowest BCUT2D eigenvalue weighted by molar-refractivity contribution is 0.0317. The van der Waals surface area contributed by atoms with E-state index in [-0.39, 0.29) is 6.10 Å². The van der Waals surface area contributed by atoms with E-state index >= 15 is 0 Å². The van der Waals surface area contributed by atoms with Crippen LogP contribution < -0.4 is 9.47 Å². The summed E-state index contributed by atoms with van der Waals surface area (Å²) in [5.41, 5.74) is 2.38. The number of aryl methyl sites for hydroxylation is 1. The third kappa shape index (κ3) is 5.21. The lowest BCUT2D eigenvalue weighted by Gasteiger charge is -2.29. The maximum Gasteiger partial charge on any atom is 0.125 e. The summed E-state index contributed by atoms with van der Waals surface area (Å²) < 4.78 is 17.2. The Balaban J connectivity index is 1.73. The Kier molecular flexibility index (Phi) is 6.31. The first-order valence-corrected chi connectivity index (χ1v) is 8.92. The Labute approximate surface area is 150 Å². The molecule has 2 aromatic carbocycles. The van der Waals surface area contributed by atoms with Crippen LogP contribution in [-0.2, 0) is 4.74 Å². The Hall–Kier alpha value is -2.04. The minimum atomic E-state index is 0.000603. The fourth-order valence-corrected chi connectivity index (χ4v) is 3.04. The van der Waals surface area contributed by atoms with Gasteiger partial charge in [0.1, 0.15) is 17.6 Å². The first kappa shape index (κ1) is 17.8. The molecule has 0 N–H and O–H groups in total. The molecule has 0 amide bonds. The Morgan fingerprint density at radius 3 is 2.52 bits per heavy atom. The summed E-state index contributed by atoms with van der Waals surface area (Å²) in [5.74, 6) is 1.77. The second-order valence-electron chi connectivity index (χ2n) is 6.44. The zero-order valence-electron chi connectivity index (χ0n) is 15.1. The molecule has 1 heterocycles. The molecule has 4 nitrogen and oxygen atoms in total. The van der Waals surface area contributed by atoms with Crippen molar-refractivity contribution in [2.75, 3.05) is 40.0 Å². The van der Waals surface area contributed by atoms with Gasteiger partial charge in [-0.15, -0.1) is 0 Å². The average Bonchev–Trinajstić information content (AvgIpc) is 2.67. The third-order valence-corrected chi connectivity index (χ3v) is 4.58. The zero-order chi connectivity index (χ0) is 17.5. The molecule has 25 heavy (non-hydrogen) atoms. The maximum atomic E-state index is 6.33. The van der Waals surface area contributed by atoms with Crippen LogP contribution in [0.15, 0.2) is 48.5 Å². The number of nitrogens with zero attached hydrogens (tertiary/aromatic N) is 1. The molecule has 0 aliphatic carbocycles. The van der Waals surface area contributed by atoms with Gasteiger partial charge in [-0.25, -0.2) is 0 Å². The second-order valence-corrected chi connectivity index (χ2v) is 6.44. The van der Waals surface area contributed by atoms with E-state index in [9.17, 15) is 0 Å². The molecule has 1 fully saturated rings. The summed E-state index contributed by atoms with van der Waals surface area (Å²) in [5, 5.41) is 0. The van der Waals surface area contributed by atoms with E-state index in [4.69, 9.17) is 14.2 Å². The molecule has 0 spiro atoms. The number of methoxy groups -OCH3 is 1. The Bertz CT molecular complexity index is 650. The largest absolute Gasteiger partial charge is 0.497 e. The van der Waals surface area contributed by atoms with E-state index < -0.39 is 0 Å². The van der Waals surface area contributed by atoms with Crippen LogP contribution in [0.3, 0.4) is 0 Å². The first-order valence-electron chi connectivity index (χ1n) is 8.92. The standard InChI is InChI=1S/C21H27NO3/c1-17-6-8-19(9-7-17)25-21(10-11-22-12-14-24-15-13-22)18-4-3-5-20(16-18)23-2/h3-9,16,21H,10-15H2,1-2H3. The Morgan fingerprint density at radius 1 is 1.04 bits per heavy atom. The molecular formula is C21H27NO3. The smallest absolute Gasteiger partial charge is 0.125 e. The van der Waals surface area contributed by atoms with Gasteiger partial charge in [0, 0.05) is 26.1 Å². The fourth-order valence-electron chi connectivity index (χ4n) is 3.04. The molecule has 4 heteroatoms. The van der Waals surface area contributed by atoms with Gasteiger partial charge in [-0.3, -0.25) is 4.90 Å². The Morgan fingerprint density at radius 2 is 1.80 bits per heavy atom. The molecule has 0 aromatic heterocycles. The van der Waals surface area contributed by atoms with Crippen molar-refractivity contribution < 1.29 is 14.2 Å². The predicted molar refractivity (Wildman–Crippen MR) is 99.4 cm³/mol. The van der Waals surface area contributed by atoms with Gasteiger partial charge in [0.25, 0.3) is 0 Å². The first-order chi connectivity index (χ1) is 12.2. The van der Waals surface area contributed by atoms with Crippen LogP contribution in [0.4, 0.5) is 0 Å². The summed E-state index contributed by atoms with van der Waals surface area (Å²) in [6.07, 6.45) is 0.932. The van der Waals surface area contributed by atoms with Crippen molar-refractivity contribution >= 4 is 0 Å². The predicted octanol–water partition coefficient (Wildman–Crippen LogP) is 3.85. The minimum absolute atomic E-state index is 0.000603. The highest BCUT2D eigenvalue weighted by molar-refractivity contribution is 5.32. The van der Waals surface area contributed by atoms with E-state index in [2.05, 4.69) is 36.1 Å². The van der Waals surface area contributed by atoms with Gasteiger partial charge in [0.2, 0.25) is 0 Å². The third-order valence-electron chi connectivity index (χ3n) is 4.58. The van der Waals surface area contributed by atoms with E-state index in [0.29, 0.717) is 0 Å². The number of benzene rings is 2. The molecule has 1 saturated heterocycles. The van der Waals surface area contributed by atoms with Crippen molar-refractivity contribution in [2.45, 2.75) is 19.4 Å². The number of rotatable bonds is 7. The summed E-state index contributed by atoms with van der Waals surface area (Å²) in [6, 6.07) is 16.4. The molecule has 134 valence electrons. The van der Waals surface area contributed by atoms with Crippen molar-refractivity contribution in [2.24, 2.45) is 0 Å². The lowest BCUT2D eigenvalue weighted by atomic mass is 10.1.